The Bertz CT molecular complexity index is 102. The zero-order chi connectivity index (χ0) is 7.07. The average Bonchev–Trinajstić information content (AvgIpc) is 1.57. The number of alkyl halides is 1. The fourth-order valence-electron chi connectivity index (χ4n) is 1.43. The van der Waals surface area contributed by atoms with E-state index in [4.69, 9.17) is 0 Å². The van der Waals surface area contributed by atoms with Gasteiger partial charge in [-0.05, 0) is 24.2 Å². The van der Waals surface area contributed by atoms with Gasteiger partial charge in [-0.2, -0.15) is 0 Å². The van der Waals surface area contributed by atoms with Gasteiger partial charge < -0.3 is 0 Å². The molecule has 9 heavy (non-hydrogen) atoms. The molecule has 0 unspecified atom stereocenters. The molecule has 0 spiro atoms. The third-order valence-corrected chi connectivity index (χ3v) is 2.30. The highest BCUT2D eigenvalue weighted by molar-refractivity contribution is 4.88. The Labute approximate surface area is 56.5 Å². The van der Waals surface area contributed by atoms with Gasteiger partial charge in [0.15, 0.2) is 0 Å². The summed E-state index contributed by atoms with van der Waals surface area (Å²) < 4.78 is 12.7. The molecule has 0 aromatic rings. The predicted molar refractivity (Wildman–Crippen MR) is 37.1 cm³/mol. The lowest BCUT2D eigenvalue weighted by Crippen LogP contribution is -2.37. The van der Waals surface area contributed by atoms with Crippen LogP contribution in [0.25, 0.3) is 0 Å². The molecule has 2 atom stereocenters. The number of hydrogen-bond acceptors (Lipinski definition) is 0. The molecule has 1 aliphatic carbocycles. The normalized spacial score (nSPS) is 36.0. The predicted octanol–water partition coefficient (Wildman–Crippen LogP) is 2.78. The zero-order valence-corrected chi connectivity index (χ0v) is 6.45. The zero-order valence-electron chi connectivity index (χ0n) is 6.45. The van der Waals surface area contributed by atoms with Gasteiger partial charge in [0.05, 0.1) is 0 Å². The molecular formula is C8H15F. The van der Waals surface area contributed by atoms with Crippen LogP contribution in [0.2, 0.25) is 0 Å². The summed E-state index contributed by atoms with van der Waals surface area (Å²) in [6.07, 6.45) is 1.37. The van der Waals surface area contributed by atoms with E-state index in [0.717, 1.165) is 12.8 Å². The summed E-state index contributed by atoms with van der Waals surface area (Å²) >= 11 is 0. The molecule has 0 nitrogen and oxygen atoms in total. The molecule has 0 heterocycles. The first-order valence-corrected chi connectivity index (χ1v) is 3.66. The van der Waals surface area contributed by atoms with Crippen molar-refractivity contribution in [3.05, 3.63) is 0 Å². The second-order valence-electron chi connectivity index (χ2n) is 4.07. The fourth-order valence-corrected chi connectivity index (χ4v) is 1.43. The van der Waals surface area contributed by atoms with E-state index in [1.54, 1.807) is 0 Å². The lowest BCUT2D eigenvalue weighted by Gasteiger charge is -2.40. The van der Waals surface area contributed by atoms with E-state index in [1.807, 2.05) is 0 Å². The summed E-state index contributed by atoms with van der Waals surface area (Å²) in [7, 11) is 0. The second-order valence-corrected chi connectivity index (χ2v) is 4.07. The monoisotopic (exact) mass is 130 g/mol. The number of hydrogen-bond donors (Lipinski definition) is 0. The highest BCUT2D eigenvalue weighted by Gasteiger charge is 2.39. The maximum Gasteiger partial charge on any atom is 0.103 e. The quantitative estimate of drug-likeness (QED) is 0.473. The Morgan fingerprint density at radius 1 is 1.22 bits per heavy atom. The summed E-state index contributed by atoms with van der Waals surface area (Å²) in [6.45, 7) is 6.34. The molecule has 1 heteroatoms. The molecule has 54 valence electrons. The van der Waals surface area contributed by atoms with Crippen LogP contribution in [0.4, 0.5) is 4.39 Å². The molecule has 0 amide bonds. The van der Waals surface area contributed by atoms with Crippen LogP contribution in [0.5, 0.6) is 0 Å². The van der Waals surface area contributed by atoms with Crippen LogP contribution < -0.4 is 0 Å². The Balaban J connectivity index is 2.44. The van der Waals surface area contributed by atoms with Gasteiger partial charge in [-0.1, -0.05) is 20.8 Å². The Hall–Kier alpha value is -0.0700. The van der Waals surface area contributed by atoms with Gasteiger partial charge in [-0.15, -0.1) is 0 Å². The van der Waals surface area contributed by atoms with Gasteiger partial charge in [0.1, 0.15) is 6.17 Å². The molecule has 0 aromatic carbocycles. The van der Waals surface area contributed by atoms with Crippen LogP contribution in [0, 0.1) is 11.3 Å². The smallest absolute Gasteiger partial charge is 0.103 e. The molecule has 1 aliphatic rings. The molecule has 1 saturated carbocycles. The SMILES string of the molecule is CC(C)(C)[C@H]1CC[C@H]1F. The topological polar surface area (TPSA) is 0 Å². The fraction of sp³-hybridized carbons (Fsp3) is 1.00. The van der Waals surface area contributed by atoms with E-state index in [9.17, 15) is 4.39 Å². The van der Waals surface area contributed by atoms with E-state index in [-0.39, 0.29) is 5.41 Å². The lowest BCUT2D eigenvalue weighted by molar-refractivity contribution is 0.0251. The number of rotatable bonds is 0. The molecular weight excluding hydrogens is 115 g/mol. The van der Waals surface area contributed by atoms with Crippen LogP contribution in [0.1, 0.15) is 33.6 Å². The minimum Gasteiger partial charge on any atom is -0.247 e. The first-order valence-electron chi connectivity index (χ1n) is 3.66. The highest BCUT2D eigenvalue weighted by atomic mass is 19.1. The summed E-state index contributed by atoms with van der Waals surface area (Å²) in [5.74, 6) is 0.331. The maximum absolute atomic E-state index is 12.7. The van der Waals surface area contributed by atoms with Crippen molar-refractivity contribution in [2.75, 3.05) is 0 Å². The van der Waals surface area contributed by atoms with Crippen molar-refractivity contribution in [3.63, 3.8) is 0 Å². The first kappa shape index (κ1) is 7.04. The van der Waals surface area contributed by atoms with Crippen molar-refractivity contribution < 1.29 is 4.39 Å². The summed E-state index contributed by atoms with van der Waals surface area (Å²) in [6, 6.07) is 0. The van der Waals surface area contributed by atoms with E-state index < -0.39 is 6.17 Å². The third kappa shape index (κ3) is 1.25. The van der Waals surface area contributed by atoms with E-state index in [2.05, 4.69) is 20.8 Å². The molecule has 1 fully saturated rings. The van der Waals surface area contributed by atoms with Crippen molar-refractivity contribution in [1.29, 1.82) is 0 Å². The van der Waals surface area contributed by atoms with Crippen molar-refractivity contribution in [2.45, 2.75) is 39.8 Å². The first-order chi connectivity index (χ1) is 4.02. The van der Waals surface area contributed by atoms with Crippen molar-refractivity contribution in [3.8, 4) is 0 Å². The van der Waals surface area contributed by atoms with Crippen LogP contribution in [-0.4, -0.2) is 6.17 Å². The summed E-state index contributed by atoms with van der Waals surface area (Å²) in [5, 5.41) is 0. The minimum absolute atomic E-state index is 0.192. The van der Waals surface area contributed by atoms with E-state index >= 15 is 0 Å². The van der Waals surface area contributed by atoms with Crippen molar-refractivity contribution in [2.24, 2.45) is 11.3 Å². The molecule has 0 saturated heterocycles. The molecule has 0 radical (unpaired) electrons. The van der Waals surface area contributed by atoms with E-state index in [0.29, 0.717) is 5.92 Å². The standard InChI is InChI=1S/C8H15F/c1-8(2,3)6-4-5-7(6)9/h6-7H,4-5H2,1-3H3/t6-,7+/m0/s1. The minimum atomic E-state index is -0.509. The van der Waals surface area contributed by atoms with Gasteiger partial charge in [-0.25, -0.2) is 4.39 Å². The largest absolute Gasteiger partial charge is 0.247 e. The summed E-state index contributed by atoms with van der Waals surface area (Å²) in [4.78, 5) is 0. The van der Waals surface area contributed by atoms with Gasteiger partial charge in [0, 0.05) is 0 Å². The van der Waals surface area contributed by atoms with E-state index in [1.165, 1.54) is 0 Å². The lowest BCUT2D eigenvalue weighted by atomic mass is 9.67. The molecule has 0 bridgehead atoms. The van der Waals surface area contributed by atoms with Gasteiger partial charge in [-0.3, -0.25) is 0 Å². The van der Waals surface area contributed by atoms with Crippen LogP contribution in [0.3, 0.4) is 0 Å². The van der Waals surface area contributed by atoms with Gasteiger partial charge in [0.2, 0.25) is 0 Å². The number of halogens is 1. The van der Waals surface area contributed by atoms with Gasteiger partial charge in [0.25, 0.3) is 0 Å². The molecule has 0 aromatic heterocycles. The van der Waals surface area contributed by atoms with Crippen molar-refractivity contribution in [1.82, 2.24) is 0 Å². The second kappa shape index (κ2) is 1.96. The highest BCUT2D eigenvalue weighted by Crippen LogP contribution is 2.43. The molecule has 1 rings (SSSR count). The van der Waals surface area contributed by atoms with Crippen LogP contribution >= 0.6 is 0 Å². The van der Waals surface area contributed by atoms with Crippen LogP contribution in [-0.2, 0) is 0 Å². The van der Waals surface area contributed by atoms with Crippen LogP contribution in [0.15, 0.2) is 0 Å². The maximum atomic E-state index is 12.7. The third-order valence-electron chi connectivity index (χ3n) is 2.30. The molecule has 0 aliphatic heterocycles. The Morgan fingerprint density at radius 2 is 1.78 bits per heavy atom. The van der Waals surface area contributed by atoms with Crippen molar-refractivity contribution >= 4 is 0 Å². The molecule has 0 N–H and O–H groups in total. The summed E-state index contributed by atoms with van der Waals surface area (Å²) in [5.41, 5.74) is 0.192. The Kier molecular flexibility index (Phi) is 1.54. The average molecular weight is 130 g/mol. The van der Waals surface area contributed by atoms with Gasteiger partial charge >= 0.3 is 0 Å². The Morgan fingerprint density at radius 3 is 1.78 bits per heavy atom.